The monoisotopic (exact) mass is 340 g/mol. The lowest BCUT2D eigenvalue weighted by molar-refractivity contribution is -0.139. The van der Waals surface area contributed by atoms with Gasteiger partial charge in [-0.15, -0.1) is 0 Å². The van der Waals surface area contributed by atoms with Crippen LogP contribution in [-0.2, 0) is 4.79 Å². The Labute approximate surface area is 136 Å². The van der Waals surface area contributed by atoms with Crippen LogP contribution in [0.5, 0.6) is 0 Å². The molecule has 3 rings (SSSR count). The van der Waals surface area contributed by atoms with Gasteiger partial charge in [-0.1, -0.05) is 36.0 Å². The summed E-state index contributed by atoms with van der Waals surface area (Å²) < 4.78 is 0. The molecule has 1 heterocycles. The first-order chi connectivity index (χ1) is 10.5. The summed E-state index contributed by atoms with van der Waals surface area (Å²) in [4.78, 5) is 26.5. The number of H-pyrrole nitrogens is 1. The van der Waals surface area contributed by atoms with E-state index >= 15 is 0 Å². The molecular formula is C15H14Cl2N2O3. The average molecular weight is 341 g/mol. The maximum absolute atomic E-state index is 12.3. The Morgan fingerprint density at radius 3 is 2.73 bits per heavy atom. The van der Waals surface area contributed by atoms with E-state index < -0.39 is 17.9 Å². The summed E-state index contributed by atoms with van der Waals surface area (Å²) in [6.07, 6.45) is 2.49. The van der Waals surface area contributed by atoms with Gasteiger partial charge in [-0.25, -0.2) is 4.79 Å². The van der Waals surface area contributed by atoms with Gasteiger partial charge in [-0.2, -0.15) is 0 Å². The number of aliphatic carboxylic acids is 1. The highest BCUT2D eigenvalue weighted by molar-refractivity contribution is 6.39. The molecule has 116 valence electrons. The van der Waals surface area contributed by atoms with E-state index in [1.54, 1.807) is 18.2 Å². The first-order valence-corrected chi connectivity index (χ1v) is 7.71. The second-order valence-corrected chi connectivity index (χ2v) is 6.36. The molecule has 1 fully saturated rings. The van der Waals surface area contributed by atoms with Gasteiger partial charge in [0.2, 0.25) is 0 Å². The van der Waals surface area contributed by atoms with Crippen molar-refractivity contribution in [3.63, 3.8) is 0 Å². The SMILES string of the molecule is O=C(NC(CC1CC1)C(=O)O)c1[nH]c2ccc(Cl)cc2c1Cl. The van der Waals surface area contributed by atoms with Crippen molar-refractivity contribution in [2.45, 2.75) is 25.3 Å². The number of aromatic amines is 1. The predicted octanol–water partition coefficient (Wildman–Crippen LogP) is 3.46. The third kappa shape index (κ3) is 3.05. The largest absolute Gasteiger partial charge is 0.480 e. The van der Waals surface area contributed by atoms with Crippen molar-refractivity contribution in [3.8, 4) is 0 Å². The van der Waals surface area contributed by atoms with E-state index in [2.05, 4.69) is 10.3 Å². The molecule has 3 N–H and O–H groups in total. The van der Waals surface area contributed by atoms with E-state index in [1.165, 1.54) is 0 Å². The highest BCUT2D eigenvalue weighted by Crippen LogP contribution is 2.34. The van der Waals surface area contributed by atoms with Gasteiger partial charge in [0.1, 0.15) is 11.7 Å². The van der Waals surface area contributed by atoms with Crippen molar-refractivity contribution in [1.82, 2.24) is 10.3 Å². The topological polar surface area (TPSA) is 82.2 Å². The molecule has 1 unspecified atom stereocenters. The number of hydrogen-bond donors (Lipinski definition) is 3. The van der Waals surface area contributed by atoms with E-state index in [0.29, 0.717) is 28.3 Å². The van der Waals surface area contributed by atoms with Gasteiger partial charge in [0.25, 0.3) is 5.91 Å². The van der Waals surface area contributed by atoms with Crippen molar-refractivity contribution in [2.75, 3.05) is 0 Å². The lowest BCUT2D eigenvalue weighted by atomic mass is 10.1. The summed E-state index contributed by atoms with van der Waals surface area (Å²) in [5, 5.41) is 13.1. The summed E-state index contributed by atoms with van der Waals surface area (Å²) in [5.74, 6) is -1.17. The van der Waals surface area contributed by atoms with Crippen LogP contribution in [0.4, 0.5) is 0 Å². The van der Waals surface area contributed by atoms with E-state index in [-0.39, 0.29) is 10.7 Å². The number of carbonyl (C=O) groups excluding carboxylic acids is 1. The Morgan fingerprint density at radius 2 is 2.09 bits per heavy atom. The standard InChI is InChI=1S/C15H14Cl2N2O3/c16-8-3-4-10-9(6-8)12(17)13(18-10)14(20)19-11(15(21)22)5-7-1-2-7/h3-4,6-7,11,18H,1-2,5H2,(H,19,20)(H,21,22). The zero-order chi connectivity index (χ0) is 15.9. The van der Waals surface area contributed by atoms with E-state index in [1.807, 2.05) is 0 Å². The summed E-state index contributed by atoms with van der Waals surface area (Å²) in [6, 6.07) is 4.17. The van der Waals surface area contributed by atoms with Crippen molar-refractivity contribution < 1.29 is 14.7 Å². The van der Waals surface area contributed by atoms with Crippen LogP contribution in [-0.4, -0.2) is 28.0 Å². The van der Waals surface area contributed by atoms with E-state index in [9.17, 15) is 14.7 Å². The summed E-state index contributed by atoms with van der Waals surface area (Å²) in [5.41, 5.74) is 0.828. The van der Waals surface area contributed by atoms with Crippen LogP contribution in [0.15, 0.2) is 18.2 Å². The van der Waals surface area contributed by atoms with Crippen LogP contribution in [0, 0.1) is 5.92 Å². The highest BCUT2D eigenvalue weighted by atomic mass is 35.5. The Hall–Kier alpha value is -1.72. The molecule has 0 bridgehead atoms. The van der Waals surface area contributed by atoms with Crippen LogP contribution in [0.25, 0.3) is 10.9 Å². The number of hydrogen-bond acceptors (Lipinski definition) is 2. The van der Waals surface area contributed by atoms with Gasteiger partial charge in [-0.3, -0.25) is 4.79 Å². The van der Waals surface area contributed by atoms with Crippen LogP contribution in [0.1, 0.15) is 29.8 Å². The third-order valence-electron chi connectivity index (χ3n) is 3.79. The van der Waals surface area contributed by atoms with Crippen molar-refractivity contribution in [1.29, 1.82) is 0 Å². The highest BCUT2D eigenvalue weighted by Gasteiger charge is 2.31. The van der Waals surface area contributed by atoms with Crippen LogP contribution >= 0.6 is 23.2 Å². The zero-order valence-electron chi connectivity index (χ0n) is 11.5. The number of rotatable bonds is 5. The molecule has 0 aliphatic heterocycles. The van der Waals surface area contributed by atoms with E-state index in [4.69, 9.17) is 23.2 Å². The van der Waals surface area contributed by atoms with Gasteiger partial charge in [0.05, 0.1) is 5.02 Å². The number of carboxylic acids is 1. The smallest absolute Gasteiger partial charge is 0.326 e. The summed E-state index contributed by atoms with van der Waals surface area (Å²) >= 11 is 12.1. The molecule has 1 saturated carbocycles. The normalized spacial score (nSPS) is 15.7. The third-order valence-corrected chi connectivity index (χ3v) is 4.42. The molecular weight excluding hydrogens is 327 g/mol. The fraction of sp³-hybridized carbons (Fsp3) is 0.333. The number of fused-ring (bicyclic) bond motifs is 1. The van der Waals surface area contributed by atoms with Gasteiger partial charge >= 0.3 is 5.97 Å². The molecule has 1 amide bonds. The predicted molar refractivity (Wildman–Crippen MR) is 84.5 cm³/mol. The quantitative estimate of drug-likeness (QED) is 0.779. The average Bonchev–Trinajstić information content (AvgIpc) is 3.22. The first kappa shape index (κ1) is 15.2. The summed E-state index contributed by atoms with van der Waals surface area (Å²) in [7, 11) is 0. The lowest BCUT2D eigenvalue weighted by Gasteiger charge is -2.13. The minimum absolute atomic E-state index is 0.154. The minimum atomic E-state index is -1.03. The van der Waals surface area contributed by atoms with Gasteiger partial charge in [0.15, 0.2) is 0 Å². The molecule has 1 aromatic carbocycles. The van der Waals surface area contributed by atoms with Crippen LogP contribution in [0.2, 0.25) is 10.0 Å². The molecule has 1 aromatic heterocycles. The van der Waals surface area contributed by atoms with Gasteiger partial charge in [0, 0.05) is 15.9 Å². The van der Waals surface area contributed by atoms with Crippen molar-refractivity contribution in [2.24, 2.45) is 5.92 Å². The fourth-order valence-corrected chi connectivity index (χ4v) is 2.89. The molecule has 0 saturated heterocycles. The second-order valence-electron chi connectivity index (χ2n) is 5.55. The van der Waals surface area contributed by atoms with Crippen LogP contribution in [0.3, 0.4) is 0 Å². The van der Waals surface area contributed by atoms with Crippen molar-refractivity contribution >= 4 is 46.0 Å². The number of nitrogens with one attached hydrogen (secondary N) is 2. The lowest BCUT2D eigenvalue weighted by Crippen LogP contribution is -2.41. The van der Waals surface area contributed by atoms with Gasteiger partial charge < -0.3 is 15.4 Å². The molecule has 1 aliphatic carbocycles. The van der Waals surface area contributed by atoms with Crippen LogP contribution < -0.4 is 5.32 Å². The number of benzene rings is 1. The molecule has 0 radical (unpaired) electrons. The maximum Gasteiger partial charge on any atom is 0.326 e. The van der Waals surface area contributed by atoms with E-state index in [0.717, 1.165) is 12.8 Å². The zero-order valence-corrected chi connectivity index (χ0v) is 13.0. The number of aromatic nitrogens is 1. The Kier molecular flexibility index (Phi) is 4.02. The summed E-state index contributed by atoms with van der Waals surface area (Å²) in [6.45, 7) is 0. The molecule has 1 atom stereocenters. The minimum Gasteiger partial charge on any atom is -0.480 e. The molecule has 2 aromatic rings. The Morgan fingerprint density at radius 1 is 1.36 bits per heavy atom. The molecule has 0 spiro atoms. The number of carboxylic acid groups (broad SMARTS) is 1. The fourth-order valence-electron chi connectivity index (χ4n) is 2.43. The van der Waals surface area contributed by atoms with Gasteiger partial charge in [-0.05, 0) is 30.5 Å². The first-order valence-electron chi connectivity index (χ1n) is 6.96. The molecule has 1 aliphatic rings. The maximum atomic E-state index is 12.3. The molecule has 7 heteroatoms. The number of carbonyl (C=O) groups is 2. The van der Waals surface area contributed by atoms with Crippen molar-refractivity contribution in [3.05, 3.63) is 33.9 Å². The number of halogens is 2. The molecule has 22 heavy (non-hydrogen) atoms. The number of amides is 1. The molecule has 5 nitrogen and oxygen atoms in total. The Bertz CT molecular complexity index is 753. The Balaban J connectivity index is 1.84. The second kappa shape index (κ2) is 5.82.